The molecule has 0 aromatic rings. The van der Waals surface area contributed by atoms with Gasteiger partial charge in [0, 0.05) is 17.6 Å². The molecule has 2 N–H and O–H groups in total. The van der Waals surface area contributed by atoms with Crippen LogP contribution in [-0.4, -0.2) is 24.2 Å². The lowest BCUT2D eigenvalue weighted by Gasteiger charge is -2.36. The minimum Gasteiger partial charge on any atom is -0.314 e. The molecule has 0 aliphatic carbocycles. The maximum absolute atomic E-state index is 3.80. The van der Waals surface area contributed by atoms with E-state index in [1.165, 1.54) is 32.2 Å². The summed E-state index contributed by atoms with van der Waals surface area (Å²) >= 11 is 0. The van der Waals surface area contributed by atoms with Crippen molar-refractivity contribution in [2.45, 2.75) is 84.8 Å². The van der Waals surface area contributed by atoms with Crippen LogP contribution >= 0.6 is 0 Å². The molecule has 1 heterocycles. The van der Waals surface area contributed by atoms with Gasteiger partial charge in [0.1, 0.15) is 0 Å². The second-order valence-corrected chi connectivity index (χ2v) is 7.70. The summed E-state index contributed by atoms with van der Waals surface area (Å²) in [6.07, 6.45) is 5.17. The zero-order valence-corrected chi connectivity index (χ0v) is 12.7. The van der Waals surface area contributed by atoms with E-state index in [9.17, 15) is 0 Å². The summed E-state index contributed by atoms with van der Waals surface area (Å²) in [5.41, 5.74) is 0.623. The number of hydrogen-bond acceptors (Lipinski definition) is 2. The third-order valence-electron chi connectivity index (χ3n) is 3.41. The second-order valence-electron chi connectivity index (χ2n) is 7.70. The van der Waals surface area contributed by atoms with Crippen molar-refractivity contribution in [2.24, 2.45) is 5.41 Å². The first-order valence-corrected chi connectivity index (χ1v) is 7.19. The molecule has 0 bridgehead atoms. The highest BCUT2D eigenvalue weighted by Gasteiger charge is 2.27. The molecule has 0 spiro atoms. The monoisotopic (exact) mass is 240 g/mol. The molecule has 0 radical (unpaired) electrons. The van der Waals surface area contributed by atoms with Gasteiger partial charge in [-0.25, -0.2) is 0 Å². The van der Waals surface area contributed by atoms with E-state index in [0.717, 1.165) is 6.04 Å². The molecule has 1 aliphatic heterocycles. The minimum absolute atomic E-state index is 0.232. The average Bonchev–Trinajstić information content (AvgIpc) is 2.49. The lowest BCUT2D eigenvalue weighted by Crippen LogP contribution is -2.48. The van der Waals surface area contributed by atoms with Gasteiger partial charge in [-0.2, -0.15) is 0 Å². The molecule has 2 unspecified atom stereocenters. The highest BCUT2D eigenvalue weighted by Crippen LogP contribution is 2.27. The summed E-state index contributed by atoms with van der Waals surface area (Å²) in [6, 6.07) is 1.34. The molecule has 17 heavy (non-hydrogen) atoms. The molecule has 2 nitrogen and oxygen atoms in total. The van der Waals surface area contributed by atoms with Crippen molar-refractivity contribution in [3.63, 3.8) is 0 Å². The SMILES string of the molecule is CC(CC1CCCN1)NC(C)(C)CC(C)(C)C. The molecule has 1 rings (SSSR count). The molecule has 1 aliphatic rings. The third-order valence-corrected chi connectivity index (χ3v) is 3.41. The summed E-state index contributed by atoms with van der Waals surface area (Å²) in [5, 5.41) is 7.38. The highest BCUT2D eigenvalue weighted by atomic mass is 15.0. The highest BCUT2D eigenvalue weighted by molar-refractivity contribution is 4.87. The van der Waals surface area contributed by atoms with Gasteiger partial charge < -0.3 is 10.6 Å². The molecular formula is C15H32N2. The summed E-state index contributed by atoms with van der Waals surface area (Å²) < 4.78 is 0. The van der Waals surface area contributed by atoms with Crippen molar-refractivity contribution in [3.8, 4) is 0 Å². The number of hydrogen-bond donors (Lipinski definition) is 2. The van der Waals surface area contributed by atoms with E-state index >= 15 is 0 Å². The van der Waals surface area contributed by atoms with E-state index < -0.39 is 0 Å². The summed E-state index contributed by atoms with van der Waals surface area (Å²) in [7, 11) is 0. The van der Waals surface area contributed by atoms with Crippen LogP contribution in [0.3, 0.4) is 0 Å². The third kappa shape index (κ3) is 6.42. The Labute approximate surface area is 108 Å². The molecule has 2 atom stereocenters. The van der Waals surface area contributed by atoms with Crippen molar-refractivity contribution in [3.05, 3.63) is 0 Å². The van der Waals surface area contributed by atoms with Crippen LogP contribution in [0, 0.1) is 5.41 Å². The largest absolute Gasteiger partial charge is 0.314 e. The van der Waals surface area contributed by atoms with Crippen molar-refractivity contribution in [2.75, 3.05) is 6.54 Å². The lowest BCUT2D eigenvalue weighted by atomic mass is 9.81. The van der Waals surface area contributed by atoms with Gasteiger partial charge in [0.25, 0.3) is 0 Å². The van der Waals surface area contributed by atoms with Gasteiger partial charge in [-0.1, -0.05) is 20.8 Å². The van der Waals surface area contributed by atoms with Crippen molar-refractivity contribution in [1.29, 1.82) is 0 Å². The Morgan fingerprint density at radius 1 is 1.24 bits per heavy atom. The summed E-state index contributed by atoms with van der Waals surface area (Å²) in [5.74, 6) is 0. The molecule has 0 amide bonds. The fraction of sp³-hybridized carbons (Fsp3) is 1.00. The molecule has 102 valence electrons. The van der Waals surface area contributed by atoms with Gasteiger partial charge in [0.2, 0.25) is 0 Å². The first kappa shape index (κ1) is 15.0. The Morgan fingerprint density at radius 3 is 2.35 bits per heavy atom. The van der Waals surface area contributed by atoms with E-state index in [0.29, 0.717) is 11.5 Å². The van der Waals surface area contributed by atoms with Crippen molar-refractivity contribution in [1.82, 2.24) is 10.6 Å². The lowest BCUT2D eigenvalue weighted by molar-refractivity contribution is 0.219. The Balaban J connectivity index is 2.35. The van der Waals surface area contributed by atoms with Gasteiger partial charge in [0.05, 0.1) is 0 Å². The van der Waals surface area contributed by atoms with Crippen LogP contribution in [0.1, 0.15) is 67.2 Å². The first-order valence-electron chi connectivity index (χ1n) is 7.19. The van der Waals surface area contributed by atoms with Gasteiger partial charge in [-0.15, -0.1) is 0 Å². The minimum atomic E-state index is 0.232. The van der Waals surface area contributed by atoms with Crippen molar-refractivity contribution < 1.29 is 0 Å². The van der Waals surface area contributed by atoms with Gasteiger partial charge in [-0.05, 0) is 58.4 Å². The smallest absolute Gasteiger partial charge is 0.0132 e. The van der Waals surface area contributed by atoms with Crippen LogP contribution in [0.25, 0.3) is 0 Å². The second kappa shape index (κ2) is 5.71. The van der Waals surface area contributed by atoms with Gasteiger partial charge >= 0.3 is 0 Å². The van der Waals surface area contributed by atoms with Crippen LogP contribution in [0.2, 0.25) is 0 Å². The average molecular weight is 240 g/mol. The standard InChI is InChI=1S/C15H32N2/c1-12(10-13-8-7-9-16-13)17-15(5,6)11-14(2,3)4/h12-13,16-17H,7-11H2,1-6H3. The predicted octanol–water partition coefficient (Wildman–Crippen LogP) is 3.32. The van der Waals surface area contributed by atoms with E-state index in [4.69, 9.17) is 0 Å². The molecule has 1 fully saturated rings. The zero-order valence-electron chi connectivity index (χ0n) is 12.7. The maximum Gasteiger partial charge on any atom is 0.0132 e. The Kier molecular flexibility index (Phi) is 5.03. The van der Waals surface area contributed by atoms with Crippen LogP contribution in [0.15, 0.2) is 0 Å². The zero-order chi connectivity index (χ0) is 13.1. The van der Waals surface area contributed by atoms with E-state index in [2.05, 4.69) is 52.2 Å². The topological polar surface area (TPSA) is 24.1 Å². The first-order chi connectivity index (χ1) is 7.68. The fourth-order valence-electron chi connectivity index (χ4n) is 3.49. The fourth-order valence-corrected chi connectivity index (χ4v) is 3.49. The molecule has 2 heteroatoms. The van der Waals surface area contributed by atoms with Crippen LogP contribution < -0.4 is 10.6 Å². The Bertz CT molecular complexity index is 222. The number of rotatable bonds is 5. The van der Waals surface area contributed by atoms with Gasteiger partial charge in [0.15, 0.2) is 0 Å². The quantitative estimate of drug-likeness (QED) is 0.770. The van der Waals surface area contributed by atoms with E-state index in [1.807, 2.05) is 0 Å². The van der Waals surface area contributed by atoms with Crippen molar-refractivity contribution >= 4 is 0 Å². The van der Waals surface area contributed by atoms with Crippen LogP contribution in [0.4, 0.5) is 0 Å². The van der Waals surface area contributed by atoms with Crippen LogP contribution in [0.5, 0.6) is 0 Å². The molecular weight excluding hydrogens is 208 g/mol. The molecule has 0 aromatic heterocycles. The molecule has 0 saturated carbocycles. The normalized spacial score (nSPS) is 24.0. The Morgan fingerprint density at radius 2 is 1.88 bits per heavy atom. The summed E-state index contributed by atoms with van der Waals surface area (Å²) in [4.78, 5) is 0. The Hall–Kier alpha value is -0.0800. The molecule has 0 aromatic carbocycles. The van der Waals surface area contributed by atoms with E-state index in [-0.39, 0.29) is 5.54 Å². The summed E-state index contributed by atoms with van der Waals surface area (Å²) in [6.45, 7) is 15.2. The molecule has 1 saturated heterocycles. The predicted molar refractivity (Wildman–Crippen MR) is 76.4 cm³/mol. The maximum atomic E-state index is 3.80. The van der Waals surface area contributed by atoms with E-state index in [1.54, 1.807) is 0 Å². The van der Waals surface area contributed by atoms with Gasteiger partial charge in [-0.3, -0.25) is 0 Å². The number of nitrogens with one attached hydrogen (secondary N) is 2. The van der Waals surface area contributed by atoms with Crippen LogP contribution in [-0.2, 0) is 0 Å².